The molecule has 0 fully saturated rings. The fourth-order valence-corrected chi connectivity index (χ4v) is 2.33. The number of rotatable bonds is 6. The lowest BCUT2D eigenvalue weighted by Crippen LogP contribution is -2.26. The van der Waals surface area contributed by atoms with Crippen molar-refractivity contribution >= 4 is 21.8 Å². The van der Waals surface area contributed by atoms with Gasteiger partial charge in [-0.15, -0.1) is 5.10 Å². The van der Waals surface area contributed by atoms with Gasteiger partial charge in [-0.05, 0) is 44.5 Å². The zero-order valence-corrected chi connectivity index (χ0v) is 13.4. The third kappa shape index (κ3) is 3.89. The van der Waals surface area contributed by atoms with Gasteiger partial charge in [0.25, 0.3) is 5.91 Å². The van der Waals surface area contributed by atoms with Gasteiger partial charge in [0.15, 0.2) is 5.69 Å². The maximum absolute atomic E-state index is 12.1. The van der Waals surface area contributed by atoms with Crippen LogP contribution in [-0.2, 0) is 0 Å². The summed E-state index contributed by atoms with van der Waals surface area (Å²) in [4.78, 5) is 12.1. The summed E-state index contributed by atoms with van der Waals surface area (Å²) in [6.45, 7) is 3.06. The van der Waals surface area contributed by atoms with Gasteiger partial charge < -0.3 is 11.1 Å². The van der Waals surface area contributed by atoms with E-state index in [4.69, 9.17) is 5.73 Å². The topological polar surface area (TPSA) is 85.8 Å². The van der Waals surface area contributed by atoms with Crippen LogP contribution in [0, 0.1) is 6.92 Å². The lowest BCUT2D eigenvalue weighted by molar-refractivity contribution is 0.0947. The van der Waals surface area contributed by atoms with Gasteiger partial charge >= 0.3 is 0 Å². The summed E-state index contributed by atoms with van der Waals surface area (Å²) in [5.41, 5.74) is 7.34. The normalized spacial score (nSPS) is 10.6. The molecule has 21 heavy (non-hydrogen) atoms. The summed E-state index contributed by atoms with van der Waals surface area (Å²) in [5.74, 6) is -0.203. The molecule has 0 radical (unpaired) electrons. The van der Waals surface area contributed by atoms with Gasteiger partial charge in [0, 0.05) is 11.0 Å². The summed E-state index contributed by atoms with van der Waals surface area (Å²) in [6, 6.07) is 7.67. The van der Waals surface area contributed by atoms with E-state index in [2.05, 4.69) is 31.6 Å². The molecule has 0 saturated carbocycles. The van der Waals surface area contributed by atoms with Gasteiger partial charge in [-0.3, -0.25) is 4.79 Å². The zero-order chi connectivity index (χ0) is 15.2. The van der Waals surface area contributed by atoms with Crippen molar-refractivity contribution in [3.05, 3.63) is 40.1 Å². The third-order valence-corrected chi connectivity index (χ3v) is 3.57. The Hall–Kier alpha value is -1.73. The molecule has 3 N–H and O–H groups in total. The number of halogens is 1. The summed E-state index contributed by atoms with van der Waals surface area (Å²) in [7, 11) is 0. The second-order valence-corrected chi connectivity index (χ2v) is 5.58. The van der Waals surface area contributed by atoms with Gasteiger partial charge in [-0.2, -0.15) is 0 Å². The molecule has 0 aliphatic carbocycles. The number of amides is 1. The molecular formula is C14H18BrN5O. The smallest absolute Gasteiger partial charge is 0.273 e. The van der Waals surface area contributed by atoms with Crippen molar-refractivity contribution in [3.63, 3.8) is 0 Å². The average Bonchev–Trinajstić information content (AvgIpc) is 2.85. The number of hydrogen-bond acceptors (Lipinski definition) is 4. The van der Waals surface area contributed by atoms with Crippen LogP contribution in [0.4, 0.5) is 0 Å². The van der Waals surface area contributed by atoms with Crippen LogP contribution in [0.25, 0.3) is 5.69 Å². The van der Waals surface area contributed by atoms with E-state index in [1.807, 2.05) is 31.2 Å². The molecule has 0 aliphatic rings. The number of hydrogen-bond donors (Lipinski definition) is 2. The van der Waals surface area contributed by atoms with Crippen LogP contribution in [0.1, 0.15) is 29.0 Å². The lowest BCUT2D eigenvalue weighted by atomic mass is 10.2. The maximum atomic E-state index is 12.1. The van der Waals surface area contributed by atoms with Gasteiger partial charge in [-0.25, -0.2) is 4.68 Å². The Balaban J connectivity index is 2.11. The summed E-state index contributed by atoms with van der Waals surface area (Å²) < 4.78 is 2.60. The number of unbranched alkanes of at least 4 members (excludes halogenated alkanes) is 1. The highest BCUT2D eigenvalue weighted by molar-refractivity contribution is 9.10. The molecular weight excluding hydrogens is 334 g/mol. The van der Waals surface area contributed by atoms with Crippen LogP contribution < -0.4 is 11.1 Å². The second kappa shape index (κ2) is 7.33. The Morgan fingerprint density at radius 3 is 2.95 bits per heavy atom. The lowest BCUT2D eigenvalue weighted by Gasteiger charge is -2.05. The molecule has 0 aliphatic heterocycles. The fourth-order valence-electron chi connectivity index (χ4n) is 1.95. The summed E-state index contributed by atoms with van der Waals surface area (Å²) in [6.07, 6.45) is 1.76. The van der Waals surface area contributed by atoms with E-state index < -0.39 is 0 Å². The van der Waals surface area contributed by atoms with Crippen LogP contribution in [0.2, 0.25) is 0 Å². The van der Waals surface area contributed by atoms with Crippen LogP contribution in [0.15, 0.2) is 28.7 Å². The first-order valence-electron chi connectivity index (χ1n) is 6.80. The van der Waals surface area contributed by atoms with Crippen LogP contribution in [-0.4, -0.2) is 34.0 Å². The quantitative estimate of drug-likeness (QED) is 0.777. The number of nitrogens with one attached hydrogen (secondary N) is 1. The fraction of sp³-hybridized carbons (Fsp3) is 0.357. The maximum Gasteiger partial charge on any atom is 0.273 e. The Bertz CT molecular complexity index is 626. The highest BCUT2D eigenvalue weighted by atomic mass is 79.9. The number of benzene rings is 1. The Morgan fingerprint density at radius 1 is 1.43 bits per heavy atom. The van der Waals surface area contributed by atoms with E-state index in [0.717, 1.165) is 23.0 Å². The summed E-state index contributed by atoms with van der Waals surface area (Å²) >= 11 is 3.42. The van der Waals surface area contributed by atoms with Crippen molar-refractivity contribution in [1.29, 1.82) is 0 Å². The number of carbonyl (C=O) groups is 1. The van der Waals surface area contributed by atoms with Crippen molar-refractivity contribution in [2.24, 2.45) is 5.73 Å². The molecule has 0 saturated heterocycles. The Labute approximate surface area is 131 Å². The van der Waals surface area contributed by atoms with Gasteiger partial charge in [-0.1, -0.05) is 27.2 Å². The number of nitrogens with zero attached hydrogens (tertiary/aromatic N) is 3. The molecule has 6 nitrogen and oxygen atoms in total. The van der Waals surface area contributed by atoms with E-state index in [1.165, 1.54) is 0 Å². The number of carbonyl (C=O) groups excluding carboxylic acids is 1. The molecule has 1 heterocycles. The van der Waals surface area contributed by atoms with E-state index in [9.17, 15) is 4.79 Å². The molecule has 1 amide bonds. The van der Waals surface area contributed by atoms with Gasteiger partial charge in [0.1, 0.15) is 0 Å². The first-order chi connectivity index (χ1) is 10.1. The average molecular weight is 352 g/mol. The molecule has 7 heteroatoms. The van der Waals surface area contributed by atoms with Gasteiger partial charge in [0.2, 0.25) is 0 Å². The predicted molar refractivity (Wildman–Crippen MR) is 84.4 cm³/mol. The van der Waals surface area contributed by atoms with Crippen molar-refractivity contribution in [1.82, 2.24) is 20.3 Å². The van der Waals surface area contributed by atoms with Crippen LogP contribution in [0.3, 0.4) is 0 Å². The molecule has 2 aromatic rings. The molecule has 0 atom stereocenters. The van der Waals surface area contributed by atoms with Gasteiger partial charge in [0.05, 0.1) is 11.4 Å². The Kier molecular flexibility index (Phi) is 5.46. The standard InChI is InChI=1S/C14H18BrN5O/c1-10-13(14(21)17-8-3-2-7-16)18-19-20(10)12-6-4-5-11(15)9-12/h4-6,9H,2-3,7-8,16H2,1H3,(H,17,21). The van der Waals surface area contributed by atoms with Crippen molar-refractivity contribution in [2.75, 3.05) is 13.1 Å². The number of nitrogens with two attached hydrogens (primary N) is 1. The van der Waals surface area contributed by atoms with Crippen molar-refractivity contribution in [3.8, 4) is 5.69 Å². The molecule has 1 aromatic carbocycles. The zero-order valence-electron chi connectivity index (χ0n) is 11.8. The third-order valence-electron chi connectivity index (χ3n) is 3.08. The minimum Gasteiger partial charge on any atom is -0.351 e. The minimum absolute atomic E-state index is 0.203. The first kappa shape index (κ1) is 15.7. The molecule has 0 unspecified atom stereocenters. The number of aromatic nitrogens is 3. The second-order valence-electron chi connectivity index (χ2n) is 4.67. The highest BCUT2D eigenvalue weighted by Crippen LogP contribution is 2.17. The van der Waals surface area contributed by atoms with E-state index >= 15 is 0 Å². The van der Waals surface area contributed by atoms with E-state index in [1.54, 1.807) is 4.68 Å². The van der Waals surface area contributed by atoms with Crippen LogP contribution in [0.5, 0.6) is 0 Å². The summed E-state index contributed by atoms with van der Waals surface area (Å²) in [5, 5.41) is 10.9. The molecule has 0 bridgehead atoms. The SMILES string of the molecule is Cc1c(C(=O)NCCCCN)nnn1-c1cccc(Br)c1. The molecule has 112 valence electrons. The highest BCUT2D eigenvalue weighted by Gasteiger charge is 2.16. The van der Waals surface area contributed by atoms with Crippen molar-refractivity contribution < 1.29 is 4.79 Å². The Morgan fingerprint density at radius 2 is 2.24 bits per heavy atom. The first-order valence-corrected chi connectivity index (χ1v) is 7.59. The monoisotopic (exact) mass is 351 g/mol. The molecule has 2 rings (SSSR count). The van der Waals surface area contributed by atoms with E-state index in [0.29, 0.717) is 24.5 Å². The van der Waals surface area contributed by atoms with Crippen LogP contribution >= 0.6 is 15.9 Å². The van der Waals surface area contributed by atoms with Crippen molar-refractivity contribution in [2.45, 2.75) is 19.8 Å². The molecule has 0 spiro atoms. The minimum atomic E-state index is -0.203. The van der Waals surface area contributed by atoms with E-state index in [-0.39, 0.29) is 5.91 Å². The molecule has 1 aromatic heterocycles. The largest absolute Gasteiger partial charge is 0.351 e. The predicted octanol–water partition coefficient (Wildman–Crippen LogP) is 1.81.